The second kappa shape index (κ2) is 16.6. The van der Waals surface area contributed by atoms with Gasteiger partial charge in [-0.25, -0.2) is 0 Å². The van der Waals surface area contributed by atoms with Gasteiger partial charge in [0.05, 0.1) is 0 Å². The van der Waals surface area contributed by atoms with Crippen LogP contribution < -0.4 is 5.32 Å². The first kappa shape index (κ1) is 24.2. The summed E-state index contributed by atoms with van der Waals surface area (Å²) >= 11 is 0. The minimum Gasteiger partial charge on any atom is -0.316 e. The van der Waals surface area contributed by atoms with Crippen molar-refractivity contribution in [1.29, 1.82) is 0 Å². The molecular weight excluding hydrogens is 302 g/mol. The van der Waals surface area contributed by atoms with Crippen LogP contribution in [0.1, 0.15) is 90.2 Å². The number of unbranched alkanes of at least 4 members (excludes halogenated alkanes) is 2. The molecule has 1 nitrogen and oxygen atoms in total. The SMILES string of the molecule is CCCCC(CC)CNCC(CC)CCCC.Cc1ccccc1C. The van der Waals surface area contributed by atoms with Gasteiger partial charge in [0, 0.05) is 0 Å². The summed E-state index contributed by atoms with van der Waals surface area (Å²) < 4.78 is 0. The second-order valence-corrected chi connectivity index (χ2v) is 7.58. The van der Waals surface area contributed by atoms with E-state index >= 15 is 0 Å². The smallest absolute Gasteiger partial charge is 0.00205 e. The van der Waals surface area contributed by atoms with E-state index in [-0.39, 0.29) is 0 Å². The molecule has 2 atom stereocenters. The number of aryl methyl sites for hydroxylation is 2. The number of nitrogens with one attached hydrogen (secondary N) is 1. The van der Waals surface area contributed by atoms with Gasteiger partial charge >= 0.3 is 0 Å². The zero-order valence-electron chi connectivity index (χ0n) is 18.0. The Kier molecular flexibility index (Phi) is 16.1. The Morgan fingerprint density at radius 2 is 1.12 bits per heavy atom. The molecule has 1 aromatic rings. The number of hydrogen-bond acceptors (Lipinski definition) is 1. The molecule has 0 spiro atoms. The molecule has 1 aromatic carbocycles. The highest BCUT2D eigenvalue weighted by molar-refractivity contribution is 5.23. The summed E-state index contributed by atoms with van der Waals surface area (Å²) in [5.41, 5.74) is 2.74. The van der Waals surface area contributed by atoms with Crippen LogP contribution in [-0.4, -0.2) is 13.1 Å². The molecule has 0 aromatic heterocycles. The van der Waals surface area contributed by atoms with Crippen LogP contribution in [0.4, 0.5) is 0 Å². The van der Waals surface area contributed by atoms with Crippen molar-refractivity contribution in [1.82, 2.24) is 5.32 Å². The standard InChI is InChI=1S/C16H35N.C8H10/c1-5-9-11-15(7-3)13-17-14-16(8-4)12-10-6-2;1-7-5-3-4-6-8(7)2/h15-17H,5-14H2,1-4H3;3-6H,1-2H3. The highest BCUT2D eigenvalue weighted by atomic mass is 14.9. The molecule has 1 rings (SSSR count). The van der Waals surface area contributed by atoms with E-state index in [4.69, 9.17) is 0 Å². The van der Waals surface area contributed by atoms with E-state index in [2.05, 4.69) is 71.1 Å². The van der Waals surface area contributed by atoms with E-state index in [1.54, 1.807) is 0 Å². The summed E-state index contributed by atoms with van der Waals surface area (Å²) in [7, 11) is 0. The largest absolute Gasteiger partial charge is 0.316 e. The van der Waals surface area contributed by atoms with Crippen molar-refractivity contribution in [3.05, 3.63) is 35.4 Å². The lowest BCUT2D eigenvalue weighted by Crippen LogP contribution is -2.28. The highest BCUT2D eigenvalue weighted by Crippen LogP contribution is 2.14. The zero-order valence-corrected chi connectivity index (χ0v) is 18.0. The van der Waals surface area contributed by atoms with Crippen LogP contribution in [0, 0.1) is 25.7 Å². The monoisotopic (exact) mass is 347 g/mol. The molecule has 0 aliphatic rings. The topological polar surface area (TPSA) is 12.0 Å². The van der Waals surface area contributed by atoms with Gasteiger partial charge in [-0.05, 0) is 62.7 Å². The maximum atomic E-state index is 3.71. The second-order valence-electron chi connectivity index (χ2n) is 7.58. The molecule has 25 heavy (non-hydrogen) atoms. The highest BCUT2D eigenvalue weighted by Gasteiger charge is 2.08. The van der Waals surface area contributed by atoms with Crippen LogP contribution in [-0.2, 0) is 0 Å². The van der Waals surface area contributed by atoms with Crippen molar-refractivity contribution in [3.8, 4) is 0 Å². The van der Waals surface area contributed by atoms with Gasteiger partial charge in [0.2, 0.25) is 0 Å². The minimum atomic E-state index is 0.902. The van der Waals surface area contributed by atoms with E-state index in [1.165, 1.54) is 75.6 Å². The Hall–Kier alpha value is -0.820. The third-order valence-corrected chi connectivity index (χ3v) is 5.38. The van der Waals surface area contributed by atoms with E-state index < -0.39 is 0 Å². The van der Waals surface area contributed by atoms with Crippen LogP contribution in [0.25, 0.3) is 0 Å². The molecule has 0 aliphatic carbocycles. The maximum absolute atomic E-state index is 3.71. The van der Waals surface area contributed by atoms with Gasteiger partial charge in [-0.2, -0.15) is 0 Å². The summed E-state index contributed by atoms with van der Waals surface area (Å²) in [4.78, 5) is 0. The average Bonchev–Trinajstić information content (AvgIpc) is 2.63. The van der Waals surface area contributed by atoms with Gasteiger partial charge in [0.1, 0.15) is 0 Å². The minimum absolute atomic E-state index is 0.902. The van der Waals surface area contributed by atoms with Crippen molar-refractivity contribution in [3.63, 3.8) is 0 Å². The van der Waals surface area contributed by atoms with E-state index in [0.29, 0.717) is 0 Å². The van der Waals surface area contributed by atoms with Gasteiger partial charge in [-0.1, -0.05) is 90.5 Å². The summed E-state index contributed by atoms with van der Waals surface area (Å²) in [5, 5.41) is 3.71. The molecule has 0 aliphatic heterocycles. The van der Waals surface area contributed by atoms with Crippen molar-refractivity contribution in [2.75, 3.05) is 13.1 Å². The molecule has 2 unspecified atom stereocenters. The molecule has 0 heterocycles. The Bertz CT molecular complexity index is 362. The van der Waals surface area contributed by atoms with Crippen LogP contribution in [0.5, 0.6) is 0 Å². The number of rotatable bonds is 12. The van der Waals surface area contributed by atoms with Crippen LogP contribution in [0.3, 0.4) is 0 Å². The molecule has 0 fully saturated rings. The molecule has 1 N–H and O–H groups in total. The van der Waals surface area contributed by atoms with Gasteiger partial charge in [0.15, 0.2) is 0 Å². The lowest BCUT2D eigenvalue weighted by molar-refractivity contribution is 0.372. The lowest BCUT2D eigenvalue weighted by atomic mass is 9.97. The van der Waals surface area contributed by atoms with Crippen LogP contribution in [0.2, 0.25) is 0 Å². The molecule has 0 saturated carbocycles. The average molecular weight is 348 g/mol. The molecule has 146 valence electrons. The van der Waals surface area contributed by atoms with Gasteiger partial charge in [-0.3, -0.25) is 0 Å². The molecule has 0 saturated heterocycles. The molecule has 0 bridgehead atoms. The number of benzene rings is 1. The van der Waals surface area contributed by atoms with Gasteiger partial charge in [0.25, 0.3) is 0 Å². The summed E-state index contributed by atoms with van der Waals surface area (Å²) in [6, 6.07) is 8.36. The summed E-state index contributed by atoms with van der Waals surface area (Å²) in [5.74, 6) is 1.80. The van der Waals surface area contributed by atoms with Crippen molar-refractivity contribution in [2.45, 2.75) is 92.9 Å². The fourth-order valence-corrected chi connectivity index (χ4v) is 3.04. The predicted molar refractivity (Wildman–Crippen MR) is 115 cm³/mol. The van der Waals surface area contributed by atoms with Crippen molar-refractivity contribution >= 4 is 0 Å². The maximum Gasteiger partial charge on any atom is -0.00205 e. The predicted octanol–water partition coefficient (Wildman–Crippen LogP) is 7.31. The van der Waals surface area contributed by atoms with Crippen LogP contribution >= 0.6 is 0 Å². The summed E-state index contributed by atoms with van der Waals surface area (Å²) in [6.07, 6.45) is 10.9. The van der Waals surface area contributed by atoms with E-state index in [1.807, 2.05) is 0 Å². The Balaban J connectivity index is 0.000000593. The fraction of sp³-hybridized carbons (Fsp3) is 0.750. The lowest BCUT2D eigenvalue weighted by Gasteiger charge is -2.19. The molecular formula is C24H45N. The third-order valence-electron chi connectivity index (χ3n) is 5.38. The Morgan fingerprint density at radius 1 is 0.720 bits per heavy atom. The normalized spacial score (nSPS) is 13.0. The van der Waals surface area contributed by atoms with E-state index in [0.717, 1.165) is 11.8 Å². The Morgan fingerprint density at radius 3 is 1.40 bits per heavy atom. The molecule has 0 amide bonds. The Labute approximate surface area is 159 Å². The zero-order chi connectivity index (χ0) is 18.9. The quantitative estimate of drug-likeness (QED) is 0.418. The first-order chi connectivity index (χ1) is 12.1. The number of hydrogen-bond donors (Lipinski definition) is 1. The van der Waals surface area contributed by atoms with E-state index in [9.17, 15) is 0 Å². The molecule has 1 heteroatoms. The molecule has 0 radical (unpaired) electrons. The van der Waals surface area contributed by atoms with Crippen molar-refractivity contribution in [2.24, 2.45) is 11.8 Å². The fourth-order valence-electron chi connectivity index (χ4n) is 3.04. The van der Waals surface area contributed by atoms with Gasteiger partial charge in [-0.15, -0.1) is 0 Å². The first-order valence-electron chi connectivity index (χ1n) is 10.8. The van der Waals surface area contributed by atoms with Crippen molar-refractivity contribution < 1.29 is 0 Å². The third kappa shape index (κ3) is 13.1. The van der Waals surface area contributed by atoms with Gasteiger partial charge < -0.3 is 5.32 Å². The van der Waals surface area contributed by atoms with Crippen LogP contribution in [0.15, 0.2) is 24.3 Å². The summed E-state index contributed by atoms with van der Waals surface area (Å²) in [6.45, 7) is 16.0. The first-order valence-corrected chi connectivity index (χ1v) is 10.8.